The molecule has 1 aromatic carbocycles. The summed E-state index contributed by atoms with van der Waals surface area (Å²) in [4.78, 5) is 1.36. The number of nitrogens with two attached hydrogens (primary N) is 1. The number of rotatable bonds is 4. The van der Waals surface area contributed by atoms with Crippen LogP contribution in [0.1, 0.15) is 31.2 Å². The molecule has 1 aliphatic carbocycles. The van der Waals surface area contributed by atoms with E-state index in [1.807, 2.05) is 11.8 Å². The van der Waals surface area contributed by atoms with Crippen molar-refractivity contribution >= 4 is 11.8 Å². The van der Waals surface area contributed by atoms with Crippen molar-refractivity contribution in [2.24, 2.45) is 5.73 Å². The molecule has 1 nitrogen and oxygen atoms in total. The summed E-state index contributed by atoms with van der Waals surface area (Å²) in [5.74, 6) is 0.997. The second-order valence-electron chi connectivity index (χ2n) is 4.71. The van der Waals surface area contributed by atoms with E-state index in [9.17, 15) is 0 Å². The molecule has 1 aromatic rings. The fourth-order valence-corrected chi connectivity index (χ4v) is 3.25. The molecule has 0 saturated carbocycles. The second kappa shape index (κ2) is 6.27. The lowest BCUT2D eigenvalue weighted by Gasteiger charge is -2.19. The van der Waals surface area contributed by atoms with Gasteiger partial charge in [-0.15, -0.1) is 11.8 Å². The van der Waals surface area contributed by atoms with Crippen molar-refractivity contribution in [3.05, 3.63) is 41.5 Å². The molecule has 0 aromatic heterocycles. The van der Waals surface area contributed by atoms with Crippen molar-refractivity contribution in [1.29, 1.82) is 0 Å². The fourth-order valence-electron chi connectivity index (χ4n) is 2.20. The minimum atomic E-state index is 0.236. The lowest BCUT2D eigenvalue weighted by atomic mass is 9.95. The SMILES string of the molecule is Cc1ccccc1SCC(N)C1=CCCCC1. The highest BCUT2D eigenvalue weighted by Crippen LogP contribution is 2.26. The molecule has 0 saturated heterocycles. The number of allylic oxidation sites excluding steroid dienone is 1. The molecule has 0 fully saturated rings. The lowest BCUT2D eigenvalue weighted by molar-refractivity contribution is 0.656. The van der Waals surface area contributed by atoms with Crippen LogP contribution in [0.15, 0.2) is 40.8 Å². The molecule has 92 valence electrons. The quantitative estimate of drug-likeness (QED) is 0.645. The maximum Gasteiger partial charge on any atom is 0.0349 e. The van der Waals surface area contributed by atoms with Crippen molar-refractivity contribution < 1.29 is 0 Å². The van der Waals surface area contributed by atoms with E-state index < -0.39 is 0 Å². The van der Waals surface area contributed by atoms with Gasteiger partial charge in [-0.1, -0.05) is 29.8 Å². The van der Waals surface area contributed by atoms with Gasteiger partial charge >= 0.3 is 0 Å². The highest BCUT2D eigenvalue weighted by molar-refractivity contribution is 7.99. The number of hydrogen-bond donors (Lipinski definition) is 1. The predicted molar refractivity (Wildman–Crippen MR) is 76.4 cm³/mol. The third-order valence-corrected chi connectivity index (χ3v) is 4.61. The molecule has 2 heteroatoms. The van der Waals surface area contributed by atoms with Crippen LogP contribution < -0.4 is 5.73 Å². The van der Waals surface area contributed by atoms with Gasteiger partial charge in [-0.3, -0.25) is 0 Å². The monoisotopic (exact) mass is 247 g/mol. The molecule has 1 atom stereocenters. The molecule has 2 N–H and O–H groups in total. The molecule has 0 radical (unpaired) electrons. The minimum Gasteiger partial charge on any atom is -0.324 e. The Balaban J connectivity index is 1.89. The highest BCUT2D eigenvalue weighted by Gasteiger charge is 2.12. The first-order chi connectivity index (χ1) is 8.27. The molecule has 0 bridgehead atoms. The Labute approximate surface area is 108 Å². The Bertz CT molecular complexity index is 398. The van der Waals surface area contributed by atoms with Crippen LogP contribution in [0.3, 0.4) is 0 Å². The number of hydrogen-bond acceptors (Lipinski definition) is 2. The van der Waals surface area contributed by atoms with Crippen molar-refractivity contribution in [3.8, 4) is 0 Å². The van der Waals surface area contributed by atoms with E-state index in [0.29, 0.717) is 0 Å². The summed E-state index contributed by atoms with van der Waals surface area (Å²) >= 11 is 1.88. The van der Waals surface area contributed by atoms with Crippen LogP contribution in [0, 0.1) is 6.92 Å². The summed E-state index contributed by atoms with van der Waals surface area (Å²) in [6.07, 6.45) is 7.43. The molecule has 0 amide bonds. The van der Waals surface area contributed by atoms with Gasteiger partial charge in [0, 0.05) is 16.7 Å². The largest absolute Gasteiger partial charge is 0.324 e. The Hall–Kier alpha value is -0.730. The Morgan fingerprint density at radius 1 is 1.29 bits per heavy atom. The zero-order chi connectivity index (χ0) is 12.1. The summed E-state index contributed by atoms with van der Waals surface area (Å²) in [5.41, 5.74) is 9.08. The number of aryl methyl sites for hydroxylation is 1. The lowest BCUT2D eigenvalue weighted by Crippen LogP contribution is -2.26. The molecular weight excluding hydrogens is 226 g/mol. The Morgan fingerprint density at radius 2 is 2.12 bits per heavy atom. The van der Waals surface area contributed by atoms with Crippen molar-refractivity contribution in [1.82, 2.24) is 0 Å². The van der Waals surface area contributed by atoms with Gasteiger partial charge in [-0.05, 0) is 44.2 Å². The third kappa shape index (κ3) is 3.62. The fraction of sp³-hybridized carbons (Fsp3) is 0.467. The Morgan fingerprint density at radius 3 is 2.82 bits per heavy atom. The second-order valence-corrected chi connectivity index (χ2v) is 5.77. The third-order valence-electron chi connectivity index (χ3n) is 3.31. The summed E-state index contributed by atoms with van der Waals surface area (Å²) in [5, 5.41) is 0. The van der Waals surface area contributed by atoms with E-state index in [1.165, 1.54) is 41.7 Å². The first-order valence-corrected chi connectivity index (χ1v) is 7.39. The average molecular weight is 247 g/mol. The van der Waals surface area contributed by atoms with Crippen LogP contribution in [0.5, 0.6) is 0 Å². The van der Waals surface area contributed by atoms with Gasteiger partial charge in [0.25, 0.3) is 0 Å². The van der Waals surface area contributed by atoms with E-state index in [0.717, 1.165) is 5.75 Å². The molecule has 0 heterocycles. The molecule has 0 spiro atoms. The standard InChI is InChI=1S/C15H21NS/c1-12-7-5-6-10-15(12)17-11-14(16)13-8-3-2-4-9-13/h5-8,10,14H,2-4,9,11,16H2,1H3. The van der Waals surface area contributed by atoms with E-state index in [1.54, 1.807) is 0 Å². The smallest absolute Gasteiger partial charge is 0.0349 e. The van der Waals surface area contributed by atoms with Crippen LogP contribution in [-0.2, 0) is 0 Å². The van der Waals surface area contributed by atoms with Crippen LogP contribution in [-0.4, -0.2) is 11.8 Å². The Kier molecular flexibility index (Phi) is 4.69. The summed E-state index contributed by atoms with van der Waals surface area (Å²) < 4.78 is 0. The van der Waals surface area contributed by atoms with E-state index in [4.69, 9.17) is 5.73 Å². The first kappa shape index (κ1) is 12.7. The van der Waals surface area contributed by atoms with Gasteiger partial charge in [0.05, 0.1) is 0 Å². The predicted octanol–water partition coefficient (Wildman–Crippen LogP) is 3.91. The maximum atomic E-state index is 6.26. The summed E-state index contributed by atoms with van der Waals surface area (Å²) in [7, 11) is 0. The number of thioether (sulfide) groups is 1. The number of benzene rings is 1. The van der Waals surface area contributed by atoms with E-state index in [-0.39, 0.29) is 6.04 Å². The molecule has 1 unspecified atom stereocenters. The first-order valence-electron chi connectivity index (χ1n) is 6.40. The zero-order valence-corrected chi connectivity index (χ0v) is 11.3. The van der Waals surface area contributed by atoms with Gasteiger partial charge in [0.1, 0.15) is 0 Å². The van der Waals surface area contributed by atoms with Crippen molar-refractivity contribution in [2.75, 3.05) is 5.75 Å². The van der Waals surface area contributed by atoms with Crippen molar-refractivity contribution in [3.63, 3.8) is 0 Å². The summed E-state index contributed by atoms with van der Waals surface area (Å²) in [6, 6.07) is 8.76. The normalized spacial score (nSPS) is 17.6. The topological polar surface area (TPSA) is 26.0 Å². The van der Waals surface area contributed by atoms with Gasteiger partial charge in [-0.25, -0.2) is 0 Å². The van der Waals surface area contributed by atoms with Crippen LogP contribution in [0.4, 0.5) is 0 Å². The summed E-state index contributed by atoms with van der Waals surface area (Å²) in [6.45, 7) is 2.16. The highest BCUT2D eigenvalue weighted by atomic mass is 32.2. The van der Waals surface area contributed by atoms with E-state index in [2.05, 4.69) is 37.3 Å². The van der Waals surface area contributed by atoms with Crippen LogP contribution in [0.25, 0.3) is 0 Å². The van der Waals surface area contributed by atoms with Gasteiger partial charge < -0.3 is 5.73 Å². The molecule has 0 aliphatic heterocycles. The van der Waals surface area contributed by atoms with Crippen LogP contribution in [0.2, 0.25) is 0 Å². The molecule has 2 rings (SSSR count). The maximum absolute atomic E-state index is 6.26. The average Bonchev–Trinajstić information content (AvgIpc) is 2.38. The van der Waals surface area contributed by atoms with Crippen molar-refractivity contribution in [2.45, 2.75) is 43.5 Å². The molecular formula is C15H21NS. The molecule has 17 heavy (non-hydrogen) atoms. The zero-order valence-electron chi connectivity index (χ0n) is 10.5. The van der Waals surface area contributed by atoms with Gasteiger partial charge in [0.2, 0.25) is 0 Å². The van der Waals surface area contributed by atoms with Gasteiger partial charge in [0.15, 0.2) is 0 Å². The minimum absolute atomic E-state index is 0.236. The molecule has 1 aliphatic rings. The van der Waals surface area contributed by atoms with Crippen LogP contribution >= 0.6 is 11.8 Å². The van der Waals surface area contributed by atoms with E-state index >= 15 is 0 Å². The van der Waals surface area contributed by atoms with Gasteiger partial charge in [-0.2, -0.15) is 0 Å².